The van der Waals surface area contributed by atoms with Gasteiger partial charge in [-0.3, -0.25) is 5.41 Å². The summed E-state index contributed by atoms with van der Waals surface area (Å²) >= 11 is 0. The highest BCUT2D eigenvalue weighted by molar-refractivity contribution is 5.95. The molecule has 0 spiro atoms. The Kier molecular flexibility index (Phi) is 4.02. The molecule has 2 aromatic rings. The molecule has 0 bridgehead atoms. The number of nitrogens with two attached hydrogens (primary N) is 3. The van der Waals surface area contributed by atoms with E-state index in [-0.39, 0.29) is 11.8 Å². The van der Waals surface area contributed by atoms with E-state index in [1.807, 2.05) is 18.2 Å². The van der Waals surface area contributed by atoms with Crippen LogP contribution in [0.5, 0.6) is 0 Å². The topological polar surface area (TPSA) is 114 Å². The summed E-state index contributed by atoms with van der Waals surface area (Å²) in [5.41, 5.74) is 21.9. The lowest BCUT2D eigenvalue weighted by atomic mass is 9.78. The van der Waals surface area contributed by atoms with E-state index in [1.165, 1.54) is 16.7 Å². The van der Waals surface area contributed by atoms with E-state index in [0.29, 0.717) is 5.92 Å². The first-order valence-electron chi connectivity index (χ1n) is 7.71. The molecular formula is C18H21N5. The Morgan fingerprint density at radius 3 is 2.43 bits per heavy atom. The Bertz CT molecular complexity index is 757. The summed E-state index contributed by atoms with van der Waals surface area (Å²) in [6.45, 7) is 0. The van der Waals surface area contributed by atoms with Gasteiger partial charge in [-0.2, -0.15) is 0 Å². The van der Waals surface area contributed by atoms with Crippen molar-refractivity contribution in [2.75, 3.05) is 0 Å². The van der Waals surface area contributed by atoms with Gasteiger partial charge in [0.15, 0.2) is 5.96 Å². The van der Waals surface area contributed by atoms with Crippen LogP contribution in [0.2, 0.25) is 0 Å². The van der Waals surface area contributed by atoms with Crippen LogP contribution >= 0.6 is 0 Å². The average Bonchev–Trinajstić information content (AvgIpc) is 2.54. The summed E-state index contributed by atoms with van der Waals surface area (Å²) in [6, 6.07) is 14.1. The molecular weight excluding hydrogens is 286 g/mol. The molecule has 0 fully saturated rings. The first-order chi connectivity index (χ1) is 11.0. The van der Waals surface area contributed by atoms with Crippen molar-refractivity contribution >= 4 is 17.5 Å². The van der Waals surface area contributed by atoms with Crippen LogP contribution in [-0.4, -0.2) is 11.8 Å². The van der Waals surface area contributed by atoms with Crippen LogP contribution in [0.4, 0.5) is 5.69 Å². The molecule has 0 saturated heterocycles. The third kappa shape index (κ3) is 3.18. The molecule has 118 valence electrons. The number of nitrogen functional groups attached to an aromatic ring is 1. The number of hydrogen-bond acceptors (Lipinski definition) is 2. The maximum atomic E-state index is 7.66. The monoisotopic (exact) mass is 307 g/mol. The molecule has 0 saturated carbocycles. The van der Waals surface area contributed by atoms with Gasteiger partial charge in [-0.05, 0) is 54.2 Å². The second-order valence-corrected chi connectivity index (χ2v) is 5.90. The number of guanidine groups is 1. The van der Waals surface area contributed by atoms with Gasteiger partial charge in [0.25, 0.3) is 0 Å². The molecule has 0 aliphatic heterocycles. The number of nitrogens with zero attached hydrogens (tertiary/aromatic N) is 1. The Morgan fingerprint density at radius 2 is 1.78 bits per heavy atom. The van der Waals surface area contributed by atoms with E-state index < -0.39 is 0 Å². The normalized spacial score (nSPS) is 16.4. The number of rotatable bonds is 3. The summed E-state index contributed by atoms with van der Waals surface area (Å²) in [6.07, 6.45) is 3.33. The minimum Gasteiger partial charge on any atom is -0.384 e. The molecule has 0 aromatic heterocycles. The molecule has 1 aliphatic carbocycles. The van der Waals surface area contributed by atoms with Gasteiger partial charge < -0.3 is 17.2 Å². The molecule has 5 nitrogen and oxygen atoms in total. The average molecular weight is 307 g/mol. The predicted molar refractivity (Wildman–Crippen MR) is 94.2 cm³/mol. The minimum atomic E-state index is 0.0619. The zero-order valence-electron chi connectivity index (χ0n) is 12.9. The van der Waals surface area contributed by atoms with Crippen molar-refractivity contribution in [3.8, 4) is 0 Å². The highest BCUT2D eigenvalue weighted by Crippen LogP contribution is 2.37. The lowest BCUT2D eigenvalue weighted by molar-refractivity contribution is 0.616. The zero-order chi connectivity index (χ0) is 16.4. The van der Waals surface area contributed by atoms with Crippen molar-refractivity contribution in [3.05, 3.63) is 64.7 Å². The Labute approximate surface area is 135 Å². The summed E-state index contributed by atoms with van der Waals surface area (Å²) in [5.74, 6) is 0.499. The van der Waals surface area contributed by atoms with Gasteiger partial charge in [-0.15, -0.1) is 0 Å². The molecule has 2 aromatic carbocycles. The predicted octanol–water partition coefficient (Wildman–Crippen LogP) is 2.34. The number of benzene rings is 2. The highest BCUT2D eigenvalue weighted by atomic mass is 15.0. The second kappa shape index (κ2) is 6.12. The van der Waals surface area contributed by atoms with E-state index in [4.69, 9.17) is 22.6 Å². The van der Waals surface area contributed by atoms with Gasteiger partial charge in [0.1, 0.15) is 5.84 Å². The van der Waals surface area contributed by atoms with Crippen molar-refractivity contribution in [1.29, 1.82) is 5.41 Å². The third-order valence-electron chi connectivity index (χ3n) is 4.32. The van der Waals surface area contributed by atoms with Crippen LogP contribution in [0.15, 0.2) is 47.5 Å². The Hall–Kier alpha value is -2.82. The number of aryl methyl sites for hydroxylation is 1. The lowest BCUT2D eigenvalue weighted by Crippen LogP contribution is -2.21. The maximum Gasteiger partial charge on any atom is 0.191 e. The van der Waals surface area contributed by atoms with Gasteiger partial charge in [-0.1, -0.05) is 24.3 Å². The first kappa shape index (κ1) is 15.1. The smallest absolute Gasteiger partial charge is 0.191 e. The number of fused-ring (bicyclic) bond motifs is 1. The molecule has 1 aliphatic rings. The van der Waals surface area contributed by atoms with Crippen LogP contribution < -0.4 is 17.2 Å². The van der Waals surface area contributed by atoms with Gasteiger partial charge in [0.2, 0.25) is 0 Å². The summed E-state index contributed by atoms with van der Waals surface area (Å²) in [5, 5.41) is 7.66. The quantitative estimate of drug-likeness (QED) is 0.515. The molecule has 0 heterocycles. The zero-order valence-corrected chi connectivity index (χ0v) is 12.9. The minimum absolute atomic E-state index is 0.0619. The van der Waals surface area contributed by atoms with E-state index in [9.17, 15) is 0 Å². The van der Waals surface area contributed by atoms with Gasteiger partial charge >= 0.3 is 0 Å². The second-order valence-electron chi connectivity index (χ2n) is 5.90. The van der Waals surface area contributed by atoms with Crippen LogP contribution in [-0.2, 0) is 6.42 Å². The van der Waals surface area contributed by atoms with Crippen LogP contribution in [0.3, 0.4) is 0 Å². The summed E-state index contributed by atoms with van der Waals surface area (Å²) in [4.78, 5) is 4.05. The Balaban J connectivity index is 1.97. The lowest BCUT2D eigenvalue weighted by Gasteiger charge is -2.26. The molecule has 0 amide bonds. The van der Waals surface area contributed by atoms with Crippen molar-refractivity contribution in [3.63, 3.8) is 0 Å². The molecule has 0 radical (unpaired) electrons. The number of nitrogens with one attached hydrogen (secondary N) is 1. The number of hydrogen-bond donors (Lipinski definition) is 4. The molecule has 5 heteroatoms. The van der Waals surface area contributed by atoms with Gasteiger partial charge in [-0.25, -0.2) is 4.99 Å². The van der Waals surface area contributed by atoms with Crippen LogP contribution in [0, 0.1) is 5.41 Å². The van der Waals surface area contributed by atoms with Gasteiger partial charge in [0, 0.05) is 11.5 Å². The maximum absolute atomic E-state index is 7.66. The summed E-state index contributed by atoms with van der Waals surface area (Å²) < 4.78 is 0. The van der Waals surface area contributed by atoms with E-state index in [2.05, 4.69) is 29.3 Å². The fourth-order valence-electron chi connectivity index (χ4n) is 3.24. The fraction of sp³-hybridized carbons (Fsp3) is 0.222. The van der Waals surface area contributed by atoms with Crippen molar-refractivity contribution in [2.24, 2.45) is 22.2 Å². The third-order valence-corrected chi connectivity index (χ3v) is 4.32. The molecule has 23 heavy (non-hydrogen) atoms. The molecule has 3 rings (SSSR count). The fourth-order valence-corrected chi connectivity index (χ4v) is 3.24. The van der Waals surface area contributed by atoms with Gasteiger partial charge in [0.05, 0.1) is 5.69 Å². The largest absolute Gasteiger partial charge is 0.384 e. The molecule has 7 N–H and O–H groups in total. The summed E-state index contributed by atoms with van der Waals surface area (Å²) in [7, 11) is 0. The van der Waals surface area contributed by atoms with Crippen LogP contribution in [0.1, 0.15) is 41.0 Å². The van der Waals surface area contributed by atoms with E-state index >= 15 is 0 Å². The first-order valence-corrected chi connectivity index (χ1v) is 7.71. The van der Waals surface area contributed by atoms with E-state index in [0.717, 1.165) is 30.5 Å². The molecule has 1 unspecified atom stereocenters. The standard InChI is InChI=1S/C18H21N5/c19-17(20)13-5-4-11-2-1-3-15(16(11)10-13)12-6-8-14(9-7-12)23-18(21)22/h4-10,15H,1-3H2,(H3,19,20)(H4,21,22,23). The SMILES string of the molecule is N=C(N)c1ccc2c(c1)C(c1ccc(N=C(N)N)cc1)CCC2. The van der Waals surface area contributed by atoms with Crippen molar-refractivity contribution < 1.29 is 0 Å². The number of amidine groups is 1. The molecule has 1 atom stereocenters. The van der Waals surface area contributed by atoms with Crippen LogP contribution in [0.25, 0.3) is 0 Å². The van der Waals surface area contributed by atoms with Crippen molar-refractivity contribution in [1.82, 2.24) is 0 Å². The number of aliphatic imine (C=N–C) groups is 1. The van der Waals surface area contributed by atoms with Crippen molar-refractivity contribution in [2.45, 2.75) is 25.2 Å². The highest BCUT2D eigenvalue weighted by Gasteiger charge is 2.22. The van der Waals surface area contributed by atoms with E-state index in [1.54, 1.807) is 0 Å². The Morgan fingerprint density at radius 1 is 1.04 bits per heavy atom.